The van der Waals surface area contributed by atoms with Gasteiger partial charge >= 0.3 is 0 Å². The third kappa shape index (κ3) is 3.07. The molecule has 2 aromatic rings. The van der Waals surface area contributed by atoms with E-state index < -0.39 is 11.6 Å². The Labute approximate surface area is 109 Å². The van der Waals surface area contributed by atoms with Gasteiger partial charge in [0, 0.05) is 17.3 Å². The minimum absolute atomic E-state index is 0.281. The van der Waals surface area contributed by atoms with E-state index in [-0.39, 0.29) is 5.88 Å². The molecule has 0 aliphatic rings. The normalized spacial score (nSPS) is 10.2. The van der Waals surface area contributed by atoms with Crippen LogP contribution in [0.3, 0.4) is 0 Å². The van der Waals surface area contributed by atoms with Gasteiger partial charge in [-0.25, -0.2) is 13.8 Å². The molecule has 19 heavy (non-hydrogen) atoms. The Kier molecular flexibility index (Phi) is 3.75. The molecule has 0 atom stereocenters. The summed E-state index contributed by atoms with van der Waals surface area (Å²) in [4.78, 5) is 3.57. The highest BCUT2D eigenvalue weighted by Gasteiger charge is 2.10. The van der Waals surface area contributed by atoms with Crippen LogP contribution >= 0.6 is 0 Å². The second kappa shape index (κ2) is 5.48. The third-order valence-electron chi connectivity index (χ3n) is 2.43. The maximum Gasteiger partial charge on any atom is 0.256 e. The van der Waals surface area contributed by atoms with Crippen LogP contribution in [0.2, 0.25) is 0 Å². The van der Waals surface area contributed by atoms with Crippen molar-refractivity contribution in [1.29, 1.82) is 0 Å². The lowest BCUT2D eigenvalue weighted by atomic mass is 10.1. The summed E-state index contributed by atoms with van der Waals surface area (Å²) in [6, 6.07) is 5.66. The molecule has 5 heteroatoms. The van der Waals surface area contributed by atoms with Crippen molar-refractivity contribution in [3.05, 3.63) is 60.3 Å². The van der Waals surface area contributed by atoms with E-state index in [1.165, 1.54) is 0 Å². The molecule has 0 saturated heterocycles. The Hall–Kier alpha value is -2.43. The van der Waals surface area contributed by atoms with Crippen molar-refractivity contribution < 1.29 is 13.5 Å². The monoisotopic (exact) mass is 262 g/mol. The summed E-state index contributed by atoms with van der Waals surface area (Å²) in [5.74, 6) is -1.49. The number of anilines is 1. The summed E-state index contributed by atoms with van der Waals surface area (Å²) in [5.41, 5.74) is 6.99. The summed E-state index contributed by atoms with van der Waals surface area (Å²) in [7, 11) is 0. The van der Waals surface area contributed by atoms with Crippen molar-refractivity contribution in [2.75, 3.05) is 5.73 Å². The number of benzene rings is 1. The molecule has 0 spiro atoms. The highest BCUT2D eigenvalue weighted by Crippen LogP contribution is 2.28. The molecule has 0 bridgehead atoms. The van der Waals surface area contributed by atoms with Gasteiger partial charge in [0.15, 0.2) is 5.82 Å². The maximum absolute atomic E-state index is 13.5. The van der Waals surface area contributed by atoms with Crippen LogP contribution in [0.4, 0.5) is 14.5 Å². The highest BCUT2D eigenvalue weighted by molar-refractivity contribution is 5.49. The van der Waals surface area contributed by atoms with Crippen LogP contribution in [-0.2, 0) is 6.42 Å². The van der Waals surface area contributed by atoms with Crippen molar-refractivity contribution in [2.24, 2.45) is 0 Å². The fourth-order valence-corrected chi connectivity index (χ4v) is 1.60. The van der Waals surface area contributed by atoms with Gasteiger partial charge in [-0.1, -0.05) is 6.08 Å². The summed E-state index contributed by atoms with van der Waals surface area (Å²) in [6.07, 6.45) is 3.09. The molecule has 2 rings (SSSR count). The molecular weight excluding hydrogens is 250 g/mol. The van der Waals surface area contributed by atoms with Crippen LogP contribution in [-0.4, -0.2) is 4.98 Å². The van der Waals surface area contributed by atoms with Gasteiger partial charge in [-0.05, 0) is 24.6 Å². The van der Waals surface area contributed by atoms with Crippen molar-refractivity contribution >= 4 is 5.69 Å². The number of allylic oxidation sites excluding steroid dienone is 1. The average Bonchev–Trinajstić information content (AvgIpc) is 2.36. The zero-order valence-corrected chi connectivity index (χ0v) is 10.1. The quantitative estimate of drug-likeness (QED) is 0.678. The van der Waals surface area contributed by atoms with Crippen LogP contribution in [0, 0.1) is 11.6 Å². The minimum Gasteiger partial charge on any atom is -0.436 e. The number of hydrogen-bond donors (Lipinski definition) is 1. The van der Waals surface area contributed by atoms with Gasteiger partial charge in [0.25, 0.3) is 5.88 Å². The van der Waals surface area contributed by atoms with E-state index in [0.717, 1.165) is 11.8 Å². The number of nitrogens with two attached hydrogens (primary N) is 1. The number of nitrogens with zero attached hydrogens (tertiary/aromatic N) is 1. The lowest BCUT2D eigenvalue weighted by molar-refractivity contribution is 0.413. The summed E-state index contributed by atoms with van der Waals surface area (Å²) in [6.45, 7) is 3.63. The Morgan fingerprint density at radius 1 is 1.32 bits per heavy atom. The van der Waals surface area contributed by atoms with Crippen LogP contribution < -0.4 is 10.5 Å². The van der Waals surface area contributed by atoms with E-state index in [4.69, 9.17) is 10.5 Å². The fourth-order valence-electron chi connectivity index (χ4n) is 1.60. The van der Waals surface area contributed by atoms with Crippen molar-refractivity contribution in [3.63, 3.8) is 0 Å². The average molecular weight is 262 g/mol. The summed E-state index contributed by atoms with van der Waals surface area (Å²) >= 11 is 0. The second-order valence-electron chi connectivity index (χ2n) is 3.90. The molecule has 1 aromatic heterocycles. The Balaban J connectivity index is 2.34. The molecule has 0 radical (unpaired) electrons. The minimum atomic E-state index is -0.860. The molecule has 0 saturated carbocycles. The molecule has 0 amide bonds. The van der Waals surface area contributed by atoms with Crippen molar-refractivity contribution in [1.82, 2.24) is 4.98 Å². The number of rotatable bonds is 4. The standard InChI is InChI=1S/C14H12F2N2O/c1-2-3-9-6-11(17)4-5-13(9)19-14-12(16)7-10(15)8-18-14/h2,4-8H,1,3,17H2. The predicted molar refractivity (Wildman–Crippen MR) is 69.0 cm³/mol. The van der Waals surface area contributed by atoms with Gasteiger partial charge in [-0.2, -0.15) is 0 Å². The van der Waals surface area contributed by atoms with Crippen molar-refractivity contribution in [3.8, 4) is 11.6 Å². The van der Waals surface area contributed by atoms with Gasteiger partial charge in [0.1, 0.15) is 11.6 Å². The summed E-state index contributed by atoms with van der Waals surface area (Å²) in [5, 5.41) is 0. The van der Waals surface area contributed by atoms with E-state index in [1.807, 2.05) is 0 Å². The summed E-state index contributed by atoms with van der Waals surface area (Å²) < 4.78 is 31.6. The first kappa shape index (κ1) is 13.0. The SMILES string of the molecule is C=CCc1cc(N)ccc1Oc1ncc(F)cc1F. The van der Waals surface area contributed by atoms with Gasteiger partial charge in [-0.15, -0.1) is 6.58 Å². The number of nitrogen functional groups attached to an aromatic ring is 1. The number of ether oxygens (including phenoxy) is 1. The number of halogens is 2. The lowest BCUT2D eigenvalue weighted by Gasteiger charge is -2.10. The van der Waals surface area contributed by atoms with Crippen molar-refractivity contribution in [2.45, 2.75) is 6.42 Å². The highest BCUT2D eigenvalue weighted by atomic mass is 19.1. The largest absolute Gasteiger partial charge is 0.436 e. The van der Waals surface area contributed by atoms with E-state index >= 15 is 0 Å². The lowest BCUT2D eigenvalue weighted by Crippen LogP contribution is -1.97. The first-order valence-electron chi connectivity index (χ1n) is 5.58. The fraction of sp³-hybridized carbons (Fsp3) is 0.0714. The van der Waals surface area contributed by atoms with E-state index in [9.17, 15) is 8.78 Å². The van der Waals surface area contributed by atoms with Crippen LogP contribution in [0.25, 0.3) is 0 Å². The predicted octanol–water partition coefficient (Wildman–Crippen LogP) is 3.46. The van der Waals surface area contributed by atoms with Gasteiger partial charge in [-0.3, -0.25) is 0 Å². The van der Waals surface area contributed by atoms with Crippen LogP contribution in [0.5, 0.6) is 11.6 Å². The van der Waals surface area contributed by atoms with E-state index in [0.29, 0.717) is 23.9 Å². The molecule has 2 N–H and O–H groups in total. The van der Waals surface area contributed by atoms with Crippen LogP contribution in [0.15, 0.2) is 43.1 Å². The maximum atomic E-state index is 13.5. The zero-order valence-electron chi connectivity index (χ0n) is 10.1. The third-order valence-corrected chi connectivity index (χ3v) is 2.43. The molecule has 0 unspecified atom stereocenters. The van der Waals surface area contributed by atoms with E-state index in [1.54, 1.807) is 24.3 Å². The second-order valence-corrected chi connectivity index (χ2v) is 3.90. The number of hydrogen-bond acceptors (Lipinski definition) is 3. The van der Waals surface area contributed by atoms with Crippen LogP contribution in [0.1, 0.15) is 5.56 Å². The molecule has 1 heterocycles. The van der Waals surface area contributed by atoms with E-state index in [2.05, 4.69) is 11.6 Å². The van der Waals surface area contributed by atoms with Gasteiger partial charge in [0.2, 0.25) is 0 Å². The smallest absolute Gasteiger partial charge is 0.256 e. The first-order chi connectivity index (χ1) is 9.10. The molecule has 0 aliphatic heterocycles. The number of pyridine rings is 1. The Morgan fingerprint density at radius 2 is 2.11 bits per heavy atom. The molecule has 3 nitrogen and oxygen atoms in total. The molecule has 98 valence electrons. The Morgan fingerprint density at radius 3 is 2.79 bits per heavy atom. The topological polar surface area (TPSA) is 48.1 Å². The Bertz CT molecular complexity index is 614. The number of aromatic nitrogens is 1. The molecule has 0 aliphatic carbocycles. The zero-order chi connectivity index (χ0) is 13.8. The molecular formula is C14H12F2N2O. The van der Waals surface area contributed by atoms with Gasteiger partial charge < -0.3 is 10.5 Å². The first-order valence-corrected chi connectivity index (χ1v) is 5.58. The molecule has 1 aromatic carbocycles. The molecule has 0 fully saturated rings. The van der Waals surface area contributed by atoms with Gasteiger partial charge in [0.05, 0.1) is 6.20 Å².